The van der Waals surface area contributed by atoms with Gasteiger partial charge >= 0.3 is 0 Å². The maximum absolute atomic E-state index is 10.2. The van der Waals surface area contributed by atoms with Crippen LogP contribution in [0.1, 0.15) is 45.6 Å². The standard InChI is InChI=1S/C14H26N4O/c1-5-7-11-12(15-4)17-10-18-13(11)16-9-14(3,19)8-6-2/h10,19H,5-9H2,1-4H3,(H2,15,16,17,18). The number of nitrogens with zero attached hydrogens (tertiary/aromatic N) is 2. The first-order valence-electron chi connectivity index (χ1n) is 7.02. The molecule has 0 saturated carbocycles. The van der Waals surface area contributed by atoms with E-state index in [2.05, 4.69) is 34.4 Å². The molecule has 0 spiro atoms. The van der Waals surface area contributed by atoms with Gasteiger partial charge in [-0.25, -0.2) is 9.97 Å². The van der Waals surface area contributed by atoms with Crippen molar-refractivity contribution < 1.29 is 5.11 Å². The van der Waals surface area contributed by atoms with E-state index in [1.807, 2.05) is 14.0 Å². The minimum absolute atomic E-state index is 0.498. The van der Waals surface area contributed by atoms with Crippen LogP contribution in [0.2, 0.25) is 0 Å². The van der Waals surface area contributed by atoms with Gasteiger partial charge in [0.25, 0.3) is 0 Å². The molecule has 0 bridgehead atoms. The first kappa shape index (κ1) is 15.7. The van der Waals surface area contributed by atoms with Crippen molar-refractivity contribution in [3.63, 3.8) is 0 Å². The summed E-state index contributed by atoms with van der Waals surface area (Å²) in [5, 5.41) is 16.5. The van der Waals surface area contributed by atoms with Crippen molar-refractivity contribution in [2.24, 2.45) is 0 Å². The number of anilines is 2. The topological polar surface area (TPSA) is 70.1 Å². The van der Waals surface area contributed by atoms with Crippen LogP contribution >= 0.6 is 0 Å². The third-order valence-corrected chi connectivity index (χ3v) is 3.11. The molecule has 1 rings (SSSR count). The molecular weight excluding hydrogens is 240 g/mol. The van der Waals surface area contributed by atoms with Crippen LogP contribution in [0, 0.1) is 0 Å². The van der Waals surface area contributed by atoms with Crippen molar-refractivity contribution in [2.45, 2.75) is 52.1 Å². The van der Waals surface area contributed by atoms with Gasteiger partial charge in [-0.2, -0.15) is 0 Å². The molecule has 0 aliphatic carbocycles. The number of rotatable bonds is 8. The van der Waals surface area contributed by atoms with E-state index >= 15 is 0 Å². The van der Waals surface area contributed by atoms with E-state index in [0.29, 0.717) is 6.54 Å². The molecule has 3 N–H and O–H groups in total. The van der Waals surface area contributed by atoms with Gasteiger partial charge in [-0.1, -0.05) is 26.7 Å². The molecule has 1 heterocycles. The summed E-state index contributed by atoms with van der Waals surface area (Å²) in [6.45, 7) is 6.55. The predicted octanol–water partition coefficient (Wildman–Crippen LogP) is 2.43. The van der Waals surface area contributed by atoms with Gasteiger partial charge in [0.05, 0.1) is 5.60 Å². The van der Waals surface area contributed by atoms with Gasteiger partial charge in [-0.3, -0.25) is 0 Å². The molecule has 0 saturated heterocycles. The van der Waals surface area contributed by atoms with Crippen LogP contribution in [-0.4, -0.2) is 34.3 Å². The molecule has 0 amide bonds. The first-order valence-corrected chi connectivity index (χ1v) is 7.02. The lowest BCUT2D eigenvalue weighted by molar-refractivity contribution is 0.0636. The van der Waals surface area contributed by atoms with Gasteiger partial charge in [-0.05, 0) is 19.8 Å². The molecule has 19 heavy (non-hydrogen) atoms. The zero-order valence-electron chi connectivity index (χ0n) is 12.5. The van der Waals surface area contributed by atoms with Gasteiger partial charge in [-0.15, -0.1) is 0 Å². The molecule has 0 aliphatic heterocycles. The molecule has 1 aromatic heterocycles. The molecule has 0 aromatic carbocycles. The number of hydrogen-bond donors (Lipinski definition) is 3. The van der Waals surface area contributed by atoms with Gasteiger partial charge < -0.3 is 15.7 Å². The fraction of sp³-hybridized carbons (Fsp3) is 0.714. The van der Waals surface area contributed by atoms with Crippen molar-refractivity contribution in [3.05, 3.63) is 11.9 Å². The second kappa shape index (κ2) is 7.28. The molecule has 1 unspecified atom stereocenters. The number of hydrogen-bond acceptors (Lipinski definition) is 5. The van der Waals surface area contributed by atoms with Crippen LogP contribution in [0.5, 0.6) is 0 Å². The van der Waals surface area contributed by atoms with Crippen molar-refractivity contribution in [1.29, 1.82) is 0 Å². The molecular formula is C14H26N4O. The Balaban J connectivity index is 2.82. The van der Waals surface area contributed by atoms with Gasteiger partial charge in [0.15, 0.2) is 0 Å². The average Bonchev–Trinajstić information content (AvgIpc) is 2.37. The highest BCUT2D eigenvalue weighted by molar-refractivity contribution is 5.57. The van der Waals surface area contributed by atoms with E-state index in [9.17, 15) is 5.11 Å². The first-order chi connectivity index (χ1) is 9.04. The Kier molecular flexibility index (Phi) is 6.02. The zero-order valence-corrected chi connectivity index (χ0v) is 12.5. The Labute approximate surface area is 115 Å². The summed E-state index contributed by atoms with van der Waals surface area (Å²) in [6.07, 6.45) is 5.22. The average molecular weight is 266 g/mol. The molecule has 0 aliphatic rings. The molecule has 108 valence electrons. The highest BCUT2D eigenvalue weighted by Crippen LogP contribution is 2.22. The van der Waals surface area contributed by atoms with E-state index in [4.69, 9.17) is 0 Å². The Morgan fingerprint density at radius 1 is 1.21 bits per heavy atom. The van der Waals surface area contributed by atoms with Crippen LogP contribution in [0.4, 0.5) is 11.6 Å². The Hall–Kier alpha value is -1.36. The van der Waals surface area contributed by atoms with Gasteiger partial charge in [0.2, 0.25) is 0 Å². The lowest BCUT2D eigenvalue weighted by Crippen LogP contribution is -2.33. The molecule has 0 radical (unpaired) electrons. The van der Waals surface area contributed by atoms with Gasteiger partial charge in [0, 0.05) is 19.2 Å². The Morgan fingerprint density at radius 3 is 2.47 bits per heavy atom. The van der Waals surface area contributed by atoms with Crippen molar-refractivity contribution >= 4 is 11.6 Å². The maximum atomic E-state index is 10.2. The van der Waals surface area contributed by atoms with E-state index in [1.165, 1.54) is 0 Å². The molecule has 1 aromatic rings. The lowest BCUT2D eigenvalue weighted by atomic mass is 10.0. The fourth-order valence-corrected chi connectivity index (χ4v) is 2.17. The lowest BCUT2D eigenvalue weighted by Gasteiger charge is -2.24. The second-order valence-electron chi connectivity index (χ2n) is 5.15. The summed E-state index contributed by atoms with van der Waals surface area (Å²) in [6, 6.07) is 0. The third-order valence-electron chi connectivity index (χ3n) is 3.11. The smallest absolute Gasteiger partial charge is 0.134 e. The van der Waals surface area contributed by atoms with Crippen LogP contribution < -0.4 is 10.6 Å². The highest BCUT2D eigenvalue weighted by atomic mass is 16.3. The summed E-state index contributed by atoms with van der Waals surface area (Å²) in [5.41, 5.74) is 0.378. The SMILES string of the molecule is CCCc1c(NC)ncnc1NCC(C)(O)CCC. The number of aromatic nitrogens is 2. The van der Waals surface area contributed by atoms with Crippen LogP contribution in [-0.2, 0) is 6.42 Å². The summed E-state index contributed by atoms with van der Waals surface area (Å²) >= 11 is 0. The minimum Gasteiger partial charge on any atom is -0.388 e. The minimum atomic E-state index is -0.705. The highest BCUT2D eigenvalue weighted by Gasteiger charge is 2.20. The van der Waals surface area contributed by atoms with Crippen LogP contribution in [0.3, 0.4) is 0 Å². The largest absolute Gasteiger partial charge is 0.388 e. The van der Waals surface area contributed by atoms with E-state index in [-0.39, 0.29) is 0 Å². The van der Waals surface area contributed by atoms with Crippen molar-refractivity contribution in [1.82, 2.24) is 9.97 Å². The van der Waals surface area contributed by atoms with Crippen molar-refractivity contribution in [2.75, 3.05) is 24.2 Å². The third kappa shape index (κ3) is 4.67. The maximum Gasteiger partial charge on any atom is 0.134 e. The number of nitrogens with one attached hydrogen (secondary N) is 2. The van der Waals surface area contributed by atoms with E-state index in [0.717, 1.165) is 42.9 Å². The molecule has 1 atom stereocenters. The summed E-state index contributed by atoms with van der Waals surface area (Å²) in [7, 11) is 1.86. The van der Waals surface area contributed by atoms with E-state index < -0.39 is 5.60 Å². The predicted molar refractivity (Wildman–Crippen MR) is 79.6 cm³/mol. The summed E-state index contributed by atoms with van der Waals surface area (Å²) < 4.78 is 0. The second-order valence-corrected chi connectivity index (χ2v) is 5.15. The normalized spacial score (nSPS) is 13.9. The monoisotopic (exact) mass is 266 g/mol. The summed E-state index contributed by atoms with van der Waals surface area (Å²) in [4.78, 5) is 8.53. The summed E-state index contributed by atoms with van der Waals surface area (Å²) in [5.74, 6) is 1.67. The number of aliphatic hydroxyl groups is 1. The van der Waals surface area contributed by atoms with Crippen LogP contribution in [0.25, 0.3) is 0 Å². The van der Waals surface area contributed by atoms with E-state index in [1.54, 1.807) is 6.33 Å². The Morgan fingerprint density at radius 2 is 1.89 bits per heavy atom. The quantitative estimate of drug-likeness (QED) is 0.674. The Bertz CT molecular complexity index is 393. The molecule has 5 heteroatoms. The van der Waals surface area contributed by atoms with Crippen LogP contribution in [0.15, 0.2) is 6.33 Å². The fourth-order valence-electron chi connectivity index (χ4n) is 2.17. The molecule has 5 nitrogen and oxygen atoms in total. The molecule has 0 fully saturated rings. The van der Waals surface area contributed by atoms with Gasteiger partial charge in [0.1, 0.15) is 18.0 Å². The van der Waals surface area contributed by atoms with Crippen molar-refractivity contribution in [3.8, 4) is 0 Å². The zero-order chi connectivity index (χ0) is 14.3.